The number of hydrogen-bond acceptors (Lipinski definition) is 5. The molecule has 0 aromatic carbocycles. The first-order chi connectivity index (χ1) is 9.81. The highest BCUT2D eigenvalue weighted by molar-refractivity contribution is 7.18. The summed E-state index contributed by atoms with van der Waals surface area (Å²) in [6.07, 6.45) is 5.50. The molecule has 0 atom stereocenters. The Morgan fingerprint density at radius 1 is 1.30 bits per heavy atom. The molecule has 5 heteroatoms. The summed E-state index contributed by atoms with van der Waals surface area (Å²) >= 11 is 3.66. The molecule has 1 N–H and O–H groups in total. The second-order valence-corrected chi connectivity index (χ2v) is 7.29. The molecule has 1 aliphatic carbocycles. The van der Waals surface area contributed by atoms with Crippen LogP contribution in [0, 0.1) is 6.92 Å². The minimum absolute atomic E-state index is 0.862. The molecule has 0 spiro atoms. The van der Waals surface area contributed by atoms with Gasteiger partial charge in [0.25, 0.3) is 0 Å². The Balaban J connectivity index is 1.58. The number of nitrogens with zero attached hydrogens (tertiary/aromatic N) is 2. The lowest BCUT2D eigenvalue weighted by Crippen LogP contribution is -2.00. The third-order valence-electron chi connectivity index (χ3n) is 3.76. The minimum atomic E-state index is 0.862. The Labute approximate surface area is 125 Å². The Bertz CT molecular complexity index is 751. The summed E-state index contributed by atoms with van der Waals surface area (Å²) in [6.45, 7) is 2.96. The fourth-order valence-corrected chi connectivity index (χ4v) is 4.91. The Morgan fingerprint density at radius 2 is 2.25 bits per heavy atom. The predicted molar refractivity (Wildman–Crippen MR) is 85.8 cm³/mol. The van der Waals surface area contributed by atoms with Crippen molar-refractivity contribution in [3.05, 3.63) is 38.7 Å². The monoisotopic (exact) mass is 301 g/mol. The molecule has 0 unspecified atom stereocenters. The number of anilines is 1. The lowest BCUT2D eigenvalue weighted by Gasteiger charge is -2.04. The first kappa shape index (κ1) is 12.3. The number of hydrogen-bond donors (Lipinski definition) is 1. The standard InChI is InChI=1S/C15H15N3S2/c1-9-7-19-14-13(9)17-8-18-15(14)16-6-11-5-10-3-2-4-12(10)20-11/h5,7-8H,2-4,6H2,1H3,(H,16,17,18). The van der Waals surface area contributed by atoms with Gasteiger partial charge in [-0.1, -0.05) is 0 Å². The third kappa shape index (κ3) is 2.01. The molecule has 3 heterocycles. The fourth-order valence-electron chi connectivity index (χ4n) is 2.74. The highest BCUT2D eigenvalue weighted by atomic mass is 32.1. The van der Waals surface area contributed by atoms with Crippen LogP contribution in [0.5, 0.6) is 0 Å². The molecule has 0 aliphatic heterocycles. The van der Waals surface area contributed by atoms with Gasteiger partial charge in [0, 0.05) is 9.75 Å². The quantitative estimate of drug-likeness (QED) is 0.789. The van der Waals surface area contributed by atoms with E-state index in [0.717, 1.165) is 22.6 Å². The third-order valence-corrected chi connectivity index (χ3v) is 6.09. The summed E-state index contributed by atoms with van der Waals surface area (Å²) in [5, 5.41) is 5.62. The van der Waals surface area contributed by atoms with Crippen LogP contribution < -0.4 is 5.32 Å². The zero-order valence-corrected chi connectivity index (χ0v) is 12.9. The molecule has 0 amide bonds. The molecule has 102 valence electrons. The summed E-state index contributed by atoms with van der Waals surface area (Å²) in [7, 11) is 0. The van der Waals surface area contributed by atoms with E-state index in [1.54, 1.807) is 28.1 Å². The SMILES string of the molecule is Cc1csc2c(NCc3cc4c(s3)CCC4)ncnc12. The van der Waals surface area contributed by atoms with Gasteiger partial charge in [0.05, 0.1) is 16.8 Å². The average Bonchev–Trinajstić information content (AvgIpc) is 3.11. The van der Waals surface area contributed by atoms with Gasteiger partial charge in [0.15, 0.2) is 0 Å². The van der Waals surface area contributed by atoms with Crippen molar-refractivity contribution in [1.82, 2.24) is 9.97 Å². The molecule has 3 aromatic heterocycles. The van der Waals surface area contributed by atoms with Crippen molar-refractivity contribution >= 4 is 38.7 Å². The lowest BCUT2D eigenvalue weighted by atomic mass is 10.2. The van der Waals surface area contributed by atoms with Gasteiger partial charge in [0.2, 0.25) is 0 Å². The Kier molecular flexibility index (Phi) is 2.97. The molecule has 3 aromatic rings. The predicted octanol–water partition coefficient (Wildman–Crippen LogP) is 4.16. The van der Waals surface area contributed by atoms with E-state index in [1.807, 2.05) is 11.3 Å². The molecular weight excluding hydrogens is 286 g/mol. The van der Waals surface area contributed by atoms with Gasteiger partial charge in [-0.15, -0.1) is 22.7 Å². The maximum Gasteiger partial charge on any atom is 0.147 e. The zero-order chi connectivity index (χ0) is 13.5. The largest absolute Gasteiger partial charge is 0.364 e. The second kappa shape index (κ2) is 4.82. The van der Waals surface area contributed by atoms with Crippen LogP contribution in [0.3, 0.4) is 0 Å². The Morgan fingerprint density at radius 3 is 3.15 bits per heavy atom. The number of fused-ring (bicyclic) bond motifs is 2. The zero-order valence-electron chi connectivity index (χ0n) is 11.3. The van der Waals surface area contributed by atoms with Crippen LogP contribution in [0.1, 0.15) is 27.3 Å². The van der Waals surface area contributed by atoms with Gasteiger partial charge in [0.1, 0.15) is 12.1 Å². The number of thiophene rings is 2. The summed E-state index contributed by atoms with van der Waals surface area (Å²) in [4.78, 5) is 11.7. The van der Waals surface area contributed by atoms with Crippen LogP contribution in [0.15, 0.2) is 17.8 Å². The van der Waals surface area contributed by atoms with E-state index in [1.165, 1.54) is 29.7 Å². The molecule has 1 aliphatic rings. The molecule has 20 heavy (non-hydrogen) atoms. The van der Waals surface area contributed by atoms with Gasteiger partial charge in [-0.2, -0.15) is 0 Å². The van der Waals surface area contributed by atoms with E-state index in [4.69, 9.17) is 0 Å². The molecule has 0 radical (unpaired) electrons. The highest BCUT2D eigenvalue weighted by Crippen LogP contribution is 2.32. The van der Waals surface area contributed by atoms with Crippen LogP contribution >= 0.6 is 22.7 Å². The van der Waals surface area contributed by atoms with E-state index in [2.05, 4.69) is 33.7 Å². The second-order valence-electron chi connectivity index (χ2n) is 5.19. The maximum atomic E-state index is 4.39. The van der Waals surface area contributed by atoms with Gasteiger partial charge in [-0.25, -0.2) is 9.97 Å². The summed E-state index contributed by atoms with van der Waals surface area (Å²) in [5.74, 6) is 0.960. The van der Waals surface area contributed by atoms with Crippen molar-refractivity contribution in [2.24, 2.45) is 0 Å². The molecule has 0 bridgehead atoms. The average molecular weight is 301 g/mol. The van der Waals surface area contributed by atoms with Crippen LogP contribution in [0.4, 0.5) is 5.82 Å². The van der Waals surface area contributed by atoms with Crippen LogP contribution in [-0.4, -0.2) is 9.97 Å². The van der Waals surface area contributed by atoms with E-state index in [9.17, 15) is 0 Å². The number of aryl methyl sites for hydroxylation is 3. The number of aromatic nitrogens is 2. The summed E-state index contributed by atoms with van der Waals surface area (Å²) in [5.41, 5.74) is 3.86. The summed E-state index contributed by atoms with van der Waals surface area (Å²) in [6, 6.07) is 2.36. The van der Waals surface area contributed by atoms with Gasteiger partial charge in [-0.3, -0.25) is 0 Å². The fraction of sp³-hybridized carbons (Fsp3) is 0.333. The van der Waals surface area contributed by atoms with E-state index in [0.29, 0.717) is 0 Å². The number of nitrogens with one attached hydrogen (secondary N) is 1. The van der Waals surface area contributed by atoms with Gasteiger partial charge < -0.3 is 5.32 Å². The highest BCUT2D eigenvalue weighted by Gasteiger charge is 2.15. The minimum Gasteiger partial charge on any atom is -0.364 e. The normalized spacial score (nSPS) is 13.8. The first-order valence-corrected chi connectivity index (χ1v) is 8.54. The Hall–Kier alpha value is -1.46. The van der Waals surface area contributed by atoms with Crippen molar-refractivity contribution in [2.75, 3.05) is 5.32 Å². The topological polar surface area (TPSA) is 37.8 Å². The van der Waals surface area contributed by atoms with Crippen molar-refractivity contribution < 1.29 is 0 Å². The van der Waals surface area contributed by atoms with E-state index in [-0.39, 0.29) is 0 Å². The molecule has 0 fully saturated rings. The smallest absolute Gasteiger partial charge is 0.147 e. The molecular formula is C15H15N3S2. The molecule has 3 nitrogen and oxygen atoms in total. The molecule has 0 saturated heterocycles. The van der Waals surface area contributed by atoms with E-state index < -0.39 is 0 Å². The maximum absolute atomic E-state index is 4.39. The first-order valence-electron chi connectivity index (χ1n) is 6.84. The molecule has 0 saturated carbocycles. The van der Waals surface area contributed by atoms with Crippen LogP contribution in [0.2, 0.25) is 0 Å². The van der Waals surface area contributed by atoms with Crippen LogP contribution in [-0.2, 0) is 19.4 Å². The van der Waals surface area contributed by atoms with Gasteiger partial charge in [-0.05, 0) is 48.8 Å². The van der Waals surface area contributed by atoms with Crippen molar-refractivity contribution in [1.29, 1.82) is 0 Å². The lowest BCUT2D eigenvalue weighted by molar-refractivity contribution is 0.913. The number of rotatable bonds is 3. The van der Waals surface area contributed by atoms with Crippen LogP contribution in [0.25, 0.3) is 10.2 Å². The van der Waals surface area contributed by atoms with Gasteiger partial charge >= 0.3 is 0 Å². The summed E-state index contributed by atoms with van der Waals surface area (Å²) < 4.78 is 1.16. The molecule has 4 rings (SSSR count). The van der Waals surface area contributed by atoms with Crippen molar-refractivity contribution in [2.45, 2.75) is 32.7 Å². The van der Waals surface area contributed by atoms with Crippen molar-refractivity contribution in [3.63, 3.8) is 0 Å². The van der Waals surface area contributed by atoms with Crippen molar-refractivity contribution in [3.8, 4) is 0 Å². The van der Waals surface area contributed by atoms with E-state index >= 15 is 0 Å².